The molecule has 0 aromatic heterocycles. The first kappa shape index (κ1) is 14.0. The van der Waals surface area contributed by atoms with E-state index in [9.17, 15) is 26.0 Å². The highest BCUT2D eigenvalue weighted by Crippen LogP contribution is 2.40. The van der Waals surface area contributed by atoms with Crippen molar-refractivity contribution in [1.29, 1.82) is 0 Å². The van der Waals surface area contributed by atoms with Gasteiger partial charge in [-0.1, -0.05) is 6.92 Å². The molecule has 0 radical (unpaired) electrons. The van der Waals surface area contributed by atoms with Gasteiger partial charge in [0.1, 0.15) is 0 Å². The van der Waals surface area contributed by atoms with Gasteiger partial charge in [-0.2, -0.15) is 37.7 Å². The molecule has 0 saturated heterocycles. The fraction of sp³-hybridized carbons (Fsp3) is 1.00. The minimum atomic E-state index is -6.09. The van der Waals surface area contributed by atoms with Crippen LogP contribution in [0.25, 0.3) is 0 Å². The third kappa shape index (κ3) is 2.74. The standard InChI is InChI=1S/C5H8F4O3S2/c1-2-13-3-4(6,7)5(8,9)14(10,11)12/h2-3H2,1H3,(H,10,11,12). The first-order chi connectivity index (χ1) is 6.06. The summed E-state index contributed by atoms with van der Waals surface area (Å²) in [6.45, 7) is 1.45. The minimum absolute atomic E-state index is 0.136. The maximum atomic E-state index is 12.6. The second-order valence-corrected chi connectivity index (χ2v) is 5.07. The molecular weight excluding hydrogens is 248 g/mol. The highest BCUT2D eigenvalue weighted by Gasteiger charge is 2.65. The highest BCUT2D eigenvalue weighted by molar-refractivity contribution is 7.99. The smallest absolute Gasteiger partial charge is 0.281 e. The van der Waals surface area contributed by atoms with Gasteiger partial charge in [0.05, 0.1) is 5.75 Å². The molecule has 0 aliphatic heterocycles. The largest absolute Gasteiger partial charge is 0.432 e. The van der Waals surface area contributed by atoms with Gasteiger partial charge in [0, 0.05) is 0 Å². The van der Waals surface area contributed by atoms with E-state index in [2.05, 4.69) is 0 Å². The molecule has 0 atom stereocenters. The minimum Gasteiger partial charge on any atom is -0.281 e. The maximum Gasteiger partial charge on any atom is 0.432 e. The van der Waals surface area contributed by atoms with E-state index in [1.807, 2.05) is 0 Å². The molecule has 0 fully saturated rings. The van der Waals surface area contributed by atoms with Crippen molar-refractivity contribution in [2.24, 2.45) is 0 Å². The van der Waals surface area contributed by atoms with Crippen molar-refractivity contribution in [1.82, 2.24) is 0 Å². The van der Waals surface area contributed by atoms with Crippen molar-refractivity contribution in [3.63, 3.8) is 0 Å². The average molecular weight is 256 g/mol. The van der Waals surface area contributed by atoms with Crippen LogP contribution in [0.4, 0.5) is 17.6 Å². The van der Waals surface area contributed by atoms with Crippen LogP contribution in [0.15, 0.2) is 0 Å². The lowest BCUT2D eigenvalue weighted by molar-refractivity contribution is -0.143. The van der Waals surface area contributed by atoms with Crippen LogP contribution in [0.3, 0.4) is 0 Å². The van der Waals surface area contributed by atoms with Crippen LogP contribution in [0.5, 0.6) is 0 Å². The van der Waals surface area contributed by atoms with Gasteiger partial charge in [-0.25, -0.2) is 0 Å². The Morgan fingerprint density at radius 2 is 1.71 bits per heavy atom. The summed E-state index contributed by atoms with van der Waals surface area (Å²) in [6, 6.07) is 0. The molecule has 0 amide bonds. The second kappa shape index (κ2) is 4.23. The Bertz CT molecular complexity index is 287. The van der Waals surface area contributed by atoms with Crippen LogP contribution in [-0.2, 0) is 10.1 Å². The third-order valence-corrected chi connectivity index (χ3v) is 3.16. The number of hydrogen-bond donors (Lipinski definition) is 1. The molecule has 0 aliphatic rings. The topological polar surface area (TPSA) is 54.4 Å². The maximum absolute atomic E-state index is 12.6. The zero-order chi connectivity index (χ0) is 11.6. The van der Waals surface area contributed by atoms with Gasteiger partial charge in [-0.15, -0.1) is 0 Å². The van der Waals surface area contributed by atoms with Gasteiger partial charge in [0.25, 0.3) is 0 Å². The molecule has 0 aromatic carbocycles. The molecule has 0 saturated carbocycles. The average Bonchev–Trinajstić information content (AvgIpc) is 1.98. The summed E-state index contributed by atoms with van der Waals surface area (Å²) in [5.74, 6) is -6.01. The summed E-state index contributed by atoms with van der Waals surface area (Å²) in [4.78, 5) is 0. The van der Waals surface area contributed by atoms with Crippen LogP contribution in [0.2, 0.25) is 0 Å². The second-order valence-electron chi connectivity index (χ2n) is 2.33. The Morgan fingerprint density at radius 3 is 2.00 bits per heavy atom. The Morgan fingerprint density at radius 1 is 1.29 bits per heavy atom. The summed E-state index contributed by atoms with van der Waals surface area (Å²) in [7, 11) is -6.09. The van der Waals surface area contributed by atoms with Gasteiger partial charge in [0.15, 0.2) is 0 Å². The van der Waals surface area contributed by atoms with Gasteiger partial charge < -0.3 is 0 Å². The summed E-state index contributed by atoms with van der Waals surface area (Å²) in [6.07, 6.45) is 0. The van der Waals surface area contributed by atoms with Crippen LogP contribution in [0, 0.1) is 0 Å². The van der Waals surface area contributed by atoms with Crippen LogP contribution in [0.1, 0.15) is 6.92 Å². The molecule has 9 heteroatoms. The van der Waals surface area contributed by atoms with E-state index in [-0.39, 0.29) is 5.75 Å². The lowest BCUT2D eigenvalue weighted by Gasteiger charge is -2.23. The normalized spacial score (nSPS) is 14.4. The fourth-order valence-electron chi connectivity index (χ4n) is 0.503. The van der Waals surface area contributed by atoms with Crippen molar-refractivity contribution in [3.8, 4) is 0 Å². The SMILES string of the molecule is CCSCC(F)(F)C(F)(F)S(=O)(=O)O. The molecule has 0 spiro atoms. The molecule has 86 valence electrons. The fourth-order valence-corrected chi connectivity index (χ4v) is 1.69. The summed E-state index contributed by atoms with van der Waals surface area (Å²) < 4.78 is 77.9. The molecule has 1 N–H and O–H groups in total. The molecule has 3 nitrogen and oxygen atoms in total. The Kier molecular flexibility index (Phi) is 4.23. The molecule has 0 bridgehead atoms. The van der Waals surface area contributed by atoms with Crippen molar-refractivity contribution in [3.05, 3.63) is 0 Å². The molecule has 0 rings (SSSR count). The molecule has 0 unspecified atom stereocenters. The molecule has 0 aromatic rings. The zero-order valence-corrected chi connectivity index (χ0v) is 8.64. The summed E-state index contributed by atoms with van der Waals surface area (Å²) in [5.41, 5.74) is 0. The van der Waals surface area contributed by atoms with Gasteiger partial charge in [0.2, 0.25) is 0 Å². The van der Waals surface area contributed by atoms with E-state index < -0.39 is 27.0 Å². The number of hydrogen-bond acceptors (Lipinski definition) is 3. The van der Waals surface area contributed by atoms with Crippen molar-refractivity contribution >= 4 is 21.9 Å². The highest BCUT2D eigenvalue weighted by atomic mass is 32.2. The number of alkyl halides is 4. The number of thioether (sulfide) groups is 1. The van der Waals surface area contributed by atoms with E-state index in [0.29, 0.717) is 11.8 Å². The zero-order valence-electron chi connectivity index (χ0n) is 7.01. The van der Waals surface area contributed by atoms with Crippen molar-refractivity contribution < 1.29 is 30.5 Å². The van der Waals surface area contributed by atoms with Gasteiger partial charge in [-0.3, -0.25) is 4.55 Å². The number of halogens is 4. The number of rotatable bonds is 5. The predicted octanol–water partition coefficient (Wildman–Crippen LogP) is 1.86. The molecule has 0 aliphatic carbocycles. The van der Waals surface area contributed by atoms with E-state index in [0.717, 1.165) is 0 Å². The molecule has 14 heavy (non-hydrogen) atoms. The van der Waals surface area contributed by atoms with Gasteiger partial charge >= 0.3 is 21.3 Å². The van der Waals surface area contributed by atoms with Crippen LogP contribution in [-0.4, -0.2) is 35.7 Å². The summed E-state index contributed by atoms with van der Waals surface area (Å²) in [5, 5.41) is -5.44. The van der Waals surface area contributed by atoms with E-state index in [1.54, 1.807) is 0 Å². The Hall–Kier alpha value is -0.0200. The lowest BCUT2D eigenvalue weighted by Crippen LogP contribution is -2.48. The van der Waals surface area contributed by atoms with E-state index in [1.165, 1.54) is 6.92 Å². The first-order valence-electron chi connectivity index (χ1n) is 3.36. The van der Waals surface area contributed by atoms with Gasteiger partial charge in [-0.05, 0) is 5.75 Å². The molecular formula is C5H8F4O3S2. The third-order valence-electron chi connectivity index (χ3n) is 1.24. The summed E-state index contributed by atoms with van der Waals surface area (Å²) >= 11 is 0.452. The van der Waals surface area contributed by atoms with Crippen molar-refractivity contribution in [2.75, 3.05) is 11.5 Å². The monoisotopic (exact) mass is 256 g/mol. The Labute approximate surface area is 82.6 Å². The Balaban J connectivity index is 4.88. The van der Waals surface area contributed by atoms with Crippen LogP contribution >= 0.6 is 11.8 Å². The van der Waals surface area contributed by atoms with Crippen molar-refractivity contribution in [2.45, 2.75) is 18.1 Å². The van der Waals surface area contributed by atoms with E-state index >= 15 is 0 Å². The predicted molar refractivity (Wildman–Crippen MR) is 44.4 cm³/mol. The molecule has 0 heterocycles. The van der Waals surface area contributed by atoms with Crippen LogP contribution < -0.4 is 0 Å². The van der Waals surface area contributed by atoms with E-state index in [4.69, 9.17) is 4.55 Å². The lowest BCUT2D eigenvalue weighted by atomic mass is 10.4. The first-order valence-corrected chi connectivity index (χ1v) is 5.96. The quantitative estimate of drug-likeness (QED) is 0.602.